The highest BCUT2D eigenvalue weighted by atomic mass is 32.2. The van der Waals surface area contributed by atoms with Crippen LogP contribution in [0.1, 0.15) is 33.6 Å². The number of hydrogen-bond donors (Lipinski definition) is 0. The minimum absolute atomic E-state index is 0.0645. The molecule has 0 N–H and O–H groups in total. The van der Waals surface area contributed by atoms with Crippen molar-refractivity contribution in [2.45, 2.75) is 38.4 Å². The first kappa shape index (κ1) is 12.8. The van der Waals surface area contributed by atoms with Crippen molar-refractivity contribution in [3.8, 4) is 0 Å². The molecule has 4 heteroatoms. The molecule has 1 aliphatic heterocycles. The summed E-state index contributed by atoms with van der Waals surface area (Å²) in [6, 6.07) is 0. The van der Waals surface area contributed by atoms with Crippen LogP contribution in [0, 0.1) is 0 Å². The van der Waals surface area contributed by atoms with Crippen molar-refractivity contribution in [3.63, 3.8) is 0 Å². The third-order valence-electron chi connectivity index (χ3n) is 3.02. The molecular weight excluding hydrogens is 210 g/mol. The molecule has 0 saturated carbocycles. The topological polar surface area (TPSA) is 37.4 Å². The van der Waals surface area contributed by atoms with Crippen LogP contribution < -0.4 is 0 Å². The van der Waals surface area contributed by atoms with E-state index >= 15 is 0 Å². The molecule has 0 aliphatic carbocycles. The molecule has 0 aromatic rings. The van der Waals surface area contributed by atoms with Gasteiger partial charge in [-0.2, -0.15) is 0 Å². The molecule has 0 aromatic carbocycles. The first-order valence-corrected chi connectivity index (χ1v) is 6.84. The number of hydrogen-bond acceptors (Lipinski definition) is 3. The maximum absolute atomic E-state index is 11.8. The lowest BCUT2D eigenvalue weighted by Crippen LogP contribution is -2.29. The normalized spacial score (nSPS) is 27.3. The van der Waals surface area contributed by atoms with Crippen molar-refractivity contribution in [2.75, 3.05) is 25.4 Å². The molecule has 0 spiro atoms. The molecule has 1 rings (SSSR count). The SMILES string of the molecule is CC(=O)CCN1CCS(=O)C(C)(C)CC1. The van der Waals surface area contributed by atoms with E-state index in [1.54, 1.807) is 6.92 Å². The van der Waals surface area contributed by atoms with Crippen LogP contribution in [0.4, 0.5) is 0 Å². The molecule has 0 bridgehead atoms. The zero-order chi connectivity index (χ0) is 11.5. The average molecular weight is 231 g/mol. The van der Waals surface area contributed by atoms with Gasteiger partial charge in [-0.05, 0) is 33.7 Å². The second-order valence-corrected chi connectivity index (χ2v) is 7.06. The van der Waals surface area contributed by atoms with Crippen LogP contribution in [0.25, 0.3) is 0 Å². The molecule has 1 atom stereocenters. The van der Waals surface area contributed by atoms with E-state index in [-0.39, 0.29) is 10.5 Å². The lowest BCUT2D eigenvalue weighted by molar-refractivity contribution is -0.117. The Hall–Kier alpha value is -0.220. The van der Waals surface area contributed by atoms with Crippen molar-refractivity contribution in [1.82, 2.24) is 4.90 Å². The number of carbonyl (C=O) groups is 1. The van der Waals surface area contributed by atoms with Gasteiger partial charge in [0.2, 0.25) is 0 Å². The van der Waals surface area contributed by atoms with Gasteiger partial charge >= 0.3 is 0 Å². The van der Waals surface area contributed by atoms with E-state index in [1.165, 1.54) is 0 Å². The van der Waals surface area contributed by atoms with E-state index in [4.69, 9.17) is 0 Å². The fourth-order valence-corrected chi connectivity index (χ4v) is 2.98. The number of ketones is 1. The van der Waals surface area contributed by atoms with Crippen LogP contribution >= 0.6 is 0 Å². The predicted octanol–water partition coefficient (Wildman–Crippen LogP) is 1.20. The van der Waals surface area contributed by atoms with Gasteiger partial charge in [-0.3, -0.25) is 9.00 Å². The average Bonchev–Trinajstić information content (AvgIpc) is 2.26. The maximum Gasteiger partial charge on any atom is 0.131 e. The first-order chi connectivity index (χ1) is 6.92. The number of nitrogens with zero attached hydrogens (tertiary/aromatic N) is 1. The summed E-state index contributed by atoms with van der Waals surface area (Å²) in [5, 5.41) is 0. The van der Waals surface area contributed by atoms with Gasteiger partial charge in [0.15, 0.2) is 0 Å². The van der Waals surface area contributed by atoms with E-state index in [1.807, 2.05) is 0 Å². The predicted molar refractivity (Wildman–Crippen MR) is 63.4 cm³/mol. The minimum Gasteiger partial charge on any atom is -0.302 e. The molecule has 1 aliphatic rings. The Morgan fingerprint density at radius 1 is 1.40 bits per heavy atom. The Kier molecular flexibility index (Phi) is 4.46. The molecule has 88 valence electrons. The zero-order valence-electron chi connectivity index (χ0n) is 9.91. The molecular formula is C11H21NO2S. The molecule has 3 nitrogen and oxygen atoms in total. The van der Waals surface area contributed by atoms with Gasteiger partial charge in [0.1, 0.15) is 5.78 Å². The fourth-order valence-electron chi connectivity index (χ4n) is 1.68. The Balaban J connectivity index is 2.45. The van der Waals surface area contributed by atoms with Crippen molar-refractivity contribution >= 4 is 16.6 Å². The maximum atomic E-state index is 11.8. The monoisotopic (exact) mass is 231 g/mol. The van der Waals surface area contributed by atoms with Gasteiger partial charge in [0, 0.05) is 40.8 Å². The lowest BCUT2D eigenvalue weighted by atomic mass is 10.1. The summed E-state index contributed by atoms with van der Waals surface area (Å²) in [5.41, 5.74) is 0. The number of Topliss-reactive ketones (excluding diaryl/α,β-unsaturated/α-hetero) is 1. The summed E-state index contributed by atoms with van der Waals surface area (Å²) in [4.78, 5) is 13.1. The Bertz CT molecular complexity index is 263. The number of rotatable bonds is 3. The third kappa shape index (κ3) is 4.03. The largest absolute Gasteiger partial charge is 0.302 e. The highest BCUT2D eigenvalue weighted by molar-refractivity contribution is 7.86. The van der Waals surface area contributed by atoms with Gasteiger partial charge in [-0.25, -0.2) is 0 Å². The lowest BCUT2D eigenvalue weighted by Gasteiger charge is -2.21. The van der Waals surface area contributed by atoms with Gasteiger partial charge in [0.05, 0.1) is 0 Å². The fraction of sp³-hybridized carbons (Fsp3) is 0.909. The quantitative estimate of drug-likeness (QED) is 0.732. The Labute approximate surface area is 94.7 Å². The van der Waals surface area contributed by atoms with Gasteiger partial charge in [-0.15, -0.1) is 0 Å². The first-order valence-electron chi connectivity index (χ1n) is 5.52. The van der Waals surface area contributed by atoms with E-state index in [0.29, 0.717) is 6.42 Å². The highest BCUT2D eigenvalue weighted by Crippen LogP contribution is 2.21. The number of carbonyl (C=O) groups excluding carboxylic acids is 1. The van der Waals surface area contributed by atoms with Gasteiger partial charge < -0.3 is 4.90 Å². The molecule has 15 heavy (non-hydrogen) atoms. The summed E-state index contributed by atoms with van der Waals surface area (Å²) in [5.74, 6) is 0.977. The molecule has 0 amide bonds. The molecule has 0 radical (unpaired) electrons. The van der Waals surface area contributed by atoms with E-state index in [0.717, 1.165) is 31.8 Å². The van der Waals surface area contributed by atoms with E-state index in [9.17, 15) is 9.00 Å². The van der Waals surface area contributed by atoms with Gasteiger partial charge in [-0.1, -0.05) is 0 Å². The van der Waals surface area contributed by atoms with Crippen molar-refractivity contribution < 1.29 is 9.00 Å². The second-order valence-electron chi connectivity index (χ2n) is 4.85. The van der Waals surface area contributed by atoms with Crippen LogP contribution in [0.2, 0.25) is 0 Å². The van der Waals surface area contributed by atoms with Crippen molar-refractivity contribution in [1.29, 1.82) is 0 Å². The Morgan fingerprint density at radius 3 is 2.67 bits per heavy atom. The summed E-state index contributed by atoms with van der Waals surface area (Å²) < 4.78 is 11.8. The minimum atomic E-state index is -0.729. The van der Waals surface area contributed by atoms with Crippen molar-refractivity contribution in [3.05, 3.63) is 0 Å². The summed E-state index contributed by atoms with van der Waals surface area (Å²) in [6.45, 7) is 8.41. The van der Waals surface area contributed by atoms with Crippen molar-refractivity contribution in [2.24, 2.45) is 0 Å². The van der Waals surface area contributed by atoms with Gasteiger partial charge in [0.25, 0.3) is 0 Å². The molecule has 1 fully saturated rings. The zero-order valence-corrected chi connectivity index (χ0v) is 10.7. The van der Waals surface area contributed by atoms with Crippen LogP contribution in [0.5, 0.6) is 0 Å². The third-order valence-corrected chi connectivity index (χ3v) is 5.01. The smallest absolute Gasteiger partial charge is 0.131 e. The van der Waals surface area contributed by atoms with E-state index < -0.39 is 10.8 Å². The van der Waals surface area contributed by atoms with Crippen LogP contribution in [0.15, 0.2) is 0 Å². The van der Waals surface area contributed by atoms with Crippen LogP contribution in [-0.4, -0.2) is 45.0 Å². The Morgan fingerprint density at radius 2 is 2.07 bits per heavy atom. The standard InChI is InChI=1S/C11H21NO2S/c1-10(13)4-6-12-7-5-11(2,3)15(14)9-8-12/h4-9H2,1-3H3. The van der Waals surface area contributed by atoms with E-state index in [2.05, 4.69) is 18.7 Å². The summed E-state index contributed by atoms with van der Waals surface area (Å²) >= 11 is 0. The van der Waals surface area contributed by atoms with Crippen LogP contribution in [-0.2, 0) is 15.6 Å². The molecule has 1 heterocycles. The highest BCUT2D eigenvalue weighted by Gasteiger charge is 2.29. The molecule has 1 saturated heterocycles. The molecule has 1 unspecified atom stereocenters. The molecule has 0 aromatic heterocycles. The summed E-state index contributed by atoms with van der Waals surface area (Å²) in [7, 11) is -0.729. The second kappa shape index (κ2) is 5.21. The van der Waals surface area contributed by atoms with Crippen LogP contribution in [0.3, 0.4) is 0 Å². The summed E-state index contributed by atoms with van der Waals surface area (Å²) in [6.07, 6.45) is 1.57.